The normalized spacial score (nSPS) is 13.6. The fourth-order valence-corrected chi connectivity index (χ4v) is 2.24. The van der Waals surface area contributed by atoms with Crippen molar-refractivity contribution in [3.05, 3.63) is 0 Å². The van der Waals surface area contributed by atoms with Gasteiger partial charge in [0, 0.05) is 6.42 Å². The van der Waals surface area contributed by atoms with Crippen LogP contribution in [0.4, 0.5) is 4.79 Å². The van der Waals surface area contributed by atoms with Crippen LogP contribution in [0, 0.1) is 5.92 Å². The highest BCUT2D eigenvalue weighted by atomic mass is 16.7. The average molecular weight is 286 g/mol. The summed E-state index contributed by atoms with van der Waals surface area (Å²) < 4.78 is 9.76. The summed E-state index contributed by atoms with van der Waals surface area (Å²) in [5.74, 6) is -0.125. The number of hydrogen-bond acceptors (Lipinski definition) is 4. The molecule has 0 amide bonds. The number of carbonyl (C=O) groups is 2. The first kappa shape index (κ1) is 18.9. The van der Waals surface area contributed by atoms with Crippen LogP contribution in [-0.2, 0) is 14.3 Å². The summed E-state index contributed by atoms with van der Waals surface area (Å²) in [5, 5.41) is 0. The van der Waals surface area contributed by atoms with Crippen molar-refractivity contribution in [2.75, 3.05) is 7.11 Å². The third-order valence-corrected chi connectivity index (χ3v) is 3.67. The summed E-state index contributed by atoms with van der Waals surface area (Å²) in [7, 11) is 1.29. The van der Waals surface area contributed by atoms with E-state index in [4.69, 9.17) is 4.74 Å². The van der Waals surface area contributed by atoms with Crippen molar-refractivity contribution < 1.29 is 19.1 Å². The van der Waals surface area contributed by atoms with Gasteiger partial charge in [0.1, 0.15) is 11.9 Å². The molecule has 20 heavy (non-hydrogen) atoms. The highest BCUT2D eigenvalue weighted by molar-refractivity contribution is 5.81. The van der Waals surface area contributed by atoms with Crippen molar-refractivity contribution >= 4 is 11.9 Å². The molecule has 0 rings (SSSR count). The lowest BCUT2D eigenvalue weighted by molar-refractivity contribution is -0.126. The van der Waals surface area contributed by atoms with Gasteiger partial charge >= 0.3 is 6.16 Å². The van der Waals surface area contributed by atoms with Crippen LogP contribution >= 0.6 is 0 Å². The molecule has 0 unspecified atom stereocenters. The van der Waals surface area contributed by atoms with Gasteiger partial charge in [-0.1, -0.05) is 52.9 Å². The van der Waals surface area contributed by atoms with Gasteiger partial charge in [0.2, 0.25) is 0 Å². The third-order valence-electron chi connectivity index (χ3n) is 3.67. The largest absolute Gasteiger partial charge is 0.508 e. The molecule has 4 heteroatoms. The van der Waals surface area contributed by atoms with E-state index in [0.717, 1.165) is 19.3 Å². The maximum Gasteiger partial charge on any atom is 0.508 e. The number of unbranched alkanes of at least 4 members (excludes halogenated alkanes) is 5. The molecular weight excluding hydrogens is 256 g/mol. The Morgan fingerprint density at radius 3 is 2.15 bits per heavy atom. The Bertz CT molecular complexity index is 276. The molecular formula is C16H30O4. The Labute approximate surface area is 123 Å². The summed E-state index contributed by atoms with van der Waals surface area (Å²) in [5.41, 5.74) is 0. The van der Waals surface area contributed by atoms with E-state index < -0.39 is 6.16 Å². The zero-order valence-electron chi connectivity index (χ0n) is 13.4. The highest BCUT2D eigenvalue weighted by Crippen LogP contribution is 2.19. The van der Waals surface area contributed by atoms with Gasteiger partial charge in [-0.05, 0) is 12.8 Å². The molecule has 0 bridgehead atoms. The first-order valence-electron chi connectivity index (χ1n) is 7.84. The lowest BCUT2D eigenvalue weighted by Gasteiger charge is -2.22. The minimum absolute atomic E-state index is 0.130. The number of carbonyl (C=O) groups excluding carboxylic acids is 2. The summed E-state index contributed by atoms with van der Waals surface area (Å²) >= 11 is 0. The van der Waals surface area contributed by atoms with E-state index in [1.807, 2.05) is 13.8 Å². The van der Waals surface area contributed by atoms with Crippen LogP contribution in [0.5, 0.6) is 0 Å². The zero-order chi connectivity index (χ0) is 15.4. The number of Topliss-reactive ketones (excluding diaryl/α,β-unsaturated/α-hetero) is 1. The molecule has 0 saturated heterocycles. The van der Waals surface area contributed by atoms with E-state index in [9.17, 15) is 9.59 Å². The summed E-state index contributed by atoms with van der Waals surface area (Å²) in [6.45, 7) is 5.85. The van der Waals surface area contributed by atoms with Crippen LogP contribution < -0.4 is 0 Å². The number of ether oxygens (including phenoxy) is 2. The second kappa shape index (κ2) is 11.7. The molecule has 0 spiro atoms. The standard InChI is InChI=1S/C16H30O4/c1-5-7-8-9-10-11-12-15(20-16(18)19-4)13(3)14(17)6-2/h13,15H,5-12H2,1-4H3/t13-,15+/m1/s1. The first-order chi connectivity index (χ1) is 9.56. The second-order valence-corrected chi connectivity index (χ2v) is 5.28. The van der Waals surface area contributed by atoms with Crippen LogP contribution in [0.2, 0.25) is 0 Å². The average Bonchev–Trinajstić information content (AvgIpc) is 2.47. The molecule has 0 fully saturated rings. The molecule has 0 radical (unpaired) electrons. The molecule has 118 valence electrons. The van der Waals surface area contributed by atoms with Gasteiger partial charge in [0.25, 0.3) is 0 Å². The van der Waals surface area contributed by atoms with Crippen LogP contribution in [-0.4, -0.2) is 25.2 Å². The molecule has 0 aromatic heterocycles. The highest BCUT2D eigenvalue weighted by Gasteiger charge is 2.26. The van der Waals surface area contributed by atoms with Gasteiger partial charge in [0.05, 0.1) is 13.0 Å². The van der Waals surface area contributed by atoms with Crippen molar-refractivity contribution in [2.24, 2.45) is 5.92 Å². The summed E-state index contributed by atoms with van der Waals surface area (Å²) in [6.07, 6.45) is 7.20. The molecule has 0 aliphatic carbocycles. The third kappa shape index (κ3) is 8.18. The molecule has 2 atom stereocenters. The molecule has 0 aromatic rings. The van der Waals surface area contributed by atoms with E-state index in [1.165, 1.54) is 32.8 Å². The van der Waals surface area contributed by atoms with Gasteiger partial charge in [-0.2, -0.15) is 0 Å². The Balaban J connectivity index is 4.17. The van der Waals surface area contributed by atoms with Crippen molar-refractivity contribution in [2.45, 2.75) is 78.2 Å². The van der Waals surface area contributed by atoms with E-state index in [2.05, 4.69) is 11.7 Å². The quantitative estimate of drug-likeness (QED) is 0.414. The van der Waals surface area contributed by atoms with Crippen molar-refractivity contribution in [1.82, 2.24) is 0 Å². The Morgan fingerprint density at radius 2 is 1.60 bits per heavy atom. The number of ketones is 1. The number of hydrogen-bond donors (Lipinski definition) is 0. The van der Waals surface area contributed by atoms with E-state index in [1.54, 1.807) is 0 Å². The minimum Gasteiger partial charge on any atom is -0.438 e. The SMILES string of the molecule is CCCCCCCC[C@H](OC(=O)OC)[C@H](C)C(=O)CC. The fourth-order valence-electron chi connectivity index (χ4n) is 2.24. The van der Waals surface area contributed by atoms with Crippen molar-refractivity contribution in [3.8, 4) is 0 Å². The van der Waals surface area contributed by atoms with E-state index >= 15 is 0 Å². The summed E-state index contributed by atoms with van der Waals surface area (Å²) in [4.78, 5) is 23.0. The smallest absolute Gasteiger partial charge is 0.438 e. The van der Waals surface area contributed by atoms with Crippen molar-refractivity contribution in [1.29, 1.82) is 0 Å². The molecule has 0 aromatic carbocycles. The zero-order valence-corrected chi connectivity index (χ0v) is 13.4. The second-order valence-electron chi connectivity index (χ2n) is 5.28. The van der Waals surface area contributed by atoms with Crippen LogP contribution in [0.3, 0.4) is 0 Å². The van der Waals surface area contributed by atoms with Gasteiger partial charge < -0.3 is 9.47 Å². The fraction of sp³-hybridized carbons (Fsp3) is 0.875. The Kier molecular flexibility index (Phi) is 11.1. The van der Waals surface area contributed by atoms with Crippen LogP contribution in [0.25, 0.3) is 0 Å². The van der Waals surface area contributed by atoms with E-state index in [-0.39, 0.29) is 17.8 Å². The van der Waals surface area contributed by atoms with Crippen LogP contribution in [0.15, 0.2) is 0 Å². The lowest BCUT2D eigenvalue weighted by Crippen LogP contribution is -2.30. The molecule has 0 saturated carbocycles. The van der Waals surface area contributed by atoms with Gasteiger partial charge in [0.15, 0.2) is 0 Å². The van der Waals surface area contributed by atoms with Crippen molar-refractivity contribution in [3.63, 3.8) is 0 Å². The van der Waals surface area contributed by atoms with Gasteiger partial charge in [-0.3, -0.25) is 4.79 Å². The number of rotatable bonds is 11. The Morgan fingerprint density at radius 1 is 1.00 bits per heavy atom. The number of methoxy groups -OCH3 is 1. The van der Waals surface area contributed by atoms with Gasteiger partial charge in [-0.15, -0.1) is 0 Å². The molecule has 0 heterocycles. The predicted octanol–water partition coefficient (Wildman–Crippen LogP) is 4.50. The molecule has 0 aliphatic rings. The van der Waals surface area contributed by atoms with Crippen LogP contribution in [0.1, 0.15) is 72.1 Å². The molecule has 0 aliphatic heterocycles. The topological polar surface area (TPSA) is 52.6 Å². The summed E-state index contributed by atoms with van der Waals surface area (Å²) in [6, 6.07) is 0. The maximum absolute atomic E-state index is 11.8. The first-order valence-corrected chi connectivity index (χ1v) is 7.84. The molecule has 0 N–H and O–H groups in total. The maximum atomic E-state index is 11.8. The monoisotopic (exact) mass is 286 g/mol. The Hall–Kier alpha value is -1.06. The van der Waals surface area contributed by atoms with E-state index in [0.29, 0.717) is 6.42 Å². The lowest BCUT2D eigenvalue weighted by atomic mass is 9.93. The minimum atomic E-state index is -0.697. The molecule has 4 nitrogen and oxygen atoms in total. The predicted molar refractivity (Wildman–Crippen MR) is 79.7 cm³/mol. The van der Waals surface area contributed by atoms with Gasteiger partial charge in [-0.25, -0.2) is 4.79 Å².